The zero-order valence-electron chi connectivity index (χ0n) is 30.5. The molecule has 0 saturated carbocycles. The zero-order valence-corrected chi connectivity index (χ0v) is 30.5. The van der Waals surface area contributed by atoms with Gasteiger partial charge in [0.2, 0.25) is 0 Å². The number of nitrogens with zero attached hydrogens (tertiary/aromatic N) is 2. The number of hydrogen-bond acceptors (Lipinski definition) is 9. The highest BCUT2D eigenvalue weighted by molar-refractivity contribution is 6.06. The summed E-state index contributed by atoms with van der Waals surface area (Å²) in [6.45, 7) is 8.39. The molecule has 0 fully saturated rings. The standard InChI is InChI=1S/C40H47F3N4O7/c1-3-47(4-2)34-11-12-36(46-39(50)31-9-5-8-30(23-31)28-54-22-21-53-20-19-52-18-17-51-16-15-48)35(26-34)37-25-32(13-14-44-37)38(49)45-27-29-7-6-10-33(24-29)40(41,42)43/h5-14,23-26,48H,3-4,15-22,27-28H2,1-2H3,(H,45,49)(H,46,50). The number of nitrogens with one attached hydrogen (secondary N) is 2. The van der Waals surface area contributed by atoms with E-state index in [0.717, 1.165) is 36.5 Å². The van der Waals surface area contributed by atoms with Crippen LogP contribution in [0, 0.1) is 0 Å². The van der Waals surface area contributed by atoms with E-state index < -0.39 is 17.6 Å². The van der Waals surface area contributed by atoms with Gasteiger partial charge in [0, 0.05) is 48.2 Å². The van der Waals surface area contributed by atoms with Gasteiger partial charge in [0.1, 0.15) is 0 Å². The van der Waals surface area contributed by atoms with Gasteiger partial charge in [-0.15, -0.1) is 0 Å². The summed E-state index contributed by atoms with van der Waals surface area (Å²) in [6.07, 6.45) is -3.01. The fraction of sp³-hybridized carbons (Fsp3) is 0.375. The number of carbonyl (C=O) groups excluding carboxylic acids is 2. The minimum absolute atomic E-state index is 0.0191. The van der Waals surface area contributed by atoms with Gasteiger partial charge in [-0.2, -0.15) is 13.2 Å². The van der Waals surface area contributed by atoms with Crippen LogP contribution in [0.25, 0.3) is 11.3 Å². The summed E-state index contributed by atoms with van der Waals surface area (Å²) in [5, 5.41) is 14.4. The molecule has 290 valence electrons. The van der Waals surface area contributed by atoms with E-state index in [4.69, 9.17) is 24.1 Å². The Morgan fingerprint density at radius 2 is 1.39 bits per heavy atom. The molecule has 0 saturated heterocycles. The number of anilines is 2. The first kappa shape index (κ1) is 41.9. The number of alkyl halides is 3. The van der Waals surface area contributed by atoms with Crippen LogP contribution in [0.4, 0.5) is 24.5 Å². The Morgan fingerprint density at radius 3 is 2.07 bits per heavy atom. The fourth-order valence-electron chi connectivity index (χ4n) is 5.41. The summed E-state index contributed by atoms with van der Waals surface area (Å²) in [6, 6.07) is 20.6. The molecule has 0 aliphatic carbocycles. The molecule has 4 aromatic rings. The van der Waals surface area contributed by atoms with E-state index in [1.54, 1.807) is 30.3 Å². The molecule has 11 nitrogen and oxygen atoms in total. The monoisotopic (exact) mass is 752 g/mol. The van der Waals surface area contributed by atoms with Crippen molar-refractivity contribution in [1.82, 2.24) is 10.3 Å². The summed E-state index contributed by atoms with van der Waals surface area (Å²) in [5.41, 5.74) is 3.38. The Labute approximate surface area is 313 Å². The highest BCUT2D eigenvalue weighted by Gasteiger charge is 2.30. The van der Waals surface area contributed by atoms with Crippen LogP contribution in [0.1, 0.15) is 51.3 Å². The Kier molecular flexibility index (Phi) is 16.9. The summed E-state index contributed by atoms with van der Waals surface area (Å²) in [4.78, 5) is 33.4. The summed E-state index contributed by atoms with van der Waals surface area (Å²) >= 11 is 0. The molecule has 0 radical (unpaired) electrons. The van der Waals surface area contributed by atoms with Crippen LogP contribution in [-0.4, -0.2) is 87.8 Å². The first-order chi connectivity index (χ1) is 26.1. The molecule has 4 rings (SSSR count). The number of amides is 2. The second-order valence-corrected chi connectivity index (χ2v) is 12.0. The molecule has 3 N–H and O–H groups in total. The maximum atomic E-state index is 13.6. The van der Waals surface area contributed by atoms with Crippen molar-refractivity contribution in [2.75, 3.05) is 76.2 Å². The molecule has 14 heteroatoms. The van der Waals surface area contributed by atoms with Crippen molar-refractivity contribution in [3.05, 3.63) is 113 Å². The van der Waals surface area contributed by atoms with Crippen LogP contribution in [-0.2, 0) is 38.3 Å². The van der Waals surface area contributed by atoms with Gasteiger partial charge in [0.15, 0.2) is 0 Å². The van der Waals surface area contributed by atoms with Gasteiger partial charge >= 0.3 is 6.18 Å². The number of halogens is 3. The Balaban J connectivity index is 1.40. The highest BCUT2D eigenvalue weighted by atomic mass is 19.4. The maximum absolute atomic E-state index is 13.6. The van der Waals surface area contributed by atoms with E-state index in [1.165, 1.54) is 24.4 Å². The number of hydrogen-bond donors (Lipinski definition) is 3. The molecule has 0 atom stereocenters. The van der Waals surface area contributed by atoms with E-state index in [9.17, 15) is 22.8 Å². The molecule has 1 aromatic heterocycles. The topological polar surface area (TPSA) is 131 Å². The van der Waals surface area contributed by atoms with Gasteiger partial charge in [-0.3, -0.25) is 14.6 Å². The van der Waals surface area contributed by atoms with Gasteiger partial charge in [-0.25, -0.2) is 0 Å². The van der Waals surface area contributed by atoms with Crippen LogP contribution in [0.15, 0.2) is 85.1 Å². The second-order valence-electron chi connectivity index (χ2n) is 12.0. The van der Waals surface area contributed by atoms with Gasteiger partial charge in [0.25, 0.3) is 11.8 Å². The minimum Gasteiger partial charge on any atom is -0.394 e. The number of rotatable bonds is 22. The third-order valence-corrected chi connectivity index (χ3v) is 8.19. The lowest BCUT2D eigenvalue weighted by Crippen LogP contribution is -2.23. The normalized spacial score (nSPS) is 11.4. The van der Waals surface area contributed by atoms with Crippen LogP contribution in [0.5, 0.6) is 0 Å². The average molecular weight is 753 g/mol. The molecule has 0 aliphatic heterocycles. The smallest absolute Gasteiger partial charge is 0.394 e. The fourth-order valence-corrected chi connectivity index (χ4v) is 5.41. The van der Waals surface area contributed by atoms with Crippen molar-refractivity contribution >= 4 is 23.2 Å². The Hall–Kier alpha value is -4.86. The van der Waals surface area contributed by atoms with Crippen molar-refractivity contribution in [2.24, 2.45) is 0 Å². The van der Waals surface area contributed by atoms with Crippen molar-refractivity contribution in [3.63, 3.8) is 0 Å². The van der Waals surface area contributed by atoms with Crippen LogP contribution >= 0.6 is 0 Å². The molecule has 3 aromatic carbocycles. The molecule has 54 heavy (non-hydrogen) atoms. The van der Waals surface area contributed by atoms with Gasteiger partial charge in [-0.05, 0) is 79.6 Å². The molecule has 1 heterocycles. The summed E-state index contributed by atoms with van der Waals surface area (Å²) in [5.74, 6) is -0.841. The number of pyridine rings is 1. The van der Waals surface area contributed by atoms with Gasteiger partial charge < -0.3 is 39.6 Å². The molecule has 0 aliphatic rings. The molecule has 0 bridgehead atoms. The van der Waals surface area contributed by atoms with Gasteiger partial charge in [-0.1, -0.05) is 24.3 Å². The lowest BCUT2D eigenvalue weighted by molar-refractivity contribution is -0.137. The van der Waals surface area contributed by atoms with Crippen LogP contribution < -0.4 is 15.5 Å². The van der Waals surface area contributed by atoms with E-state index in [-0.39, 0.29) is 37.8 Å². The maximum Gasteiger partial charge on any atom is 0.416 e. The lowest BCUT2D eigenvalue weighted by Gasteiger charge is -2.23. The third-order valence-electron chi connectivity index (χ3n) is 8.19. The molecule has 0 unspecified atom stereocenters. The predicted octanol–water partition coefficient (Wildman–Crippen LogP) is 6.35. The van der Waals surface area contributed by atoms with Crippen molar-refractivity contribution < 1.29 is 46.8 Å². The first-order valence-electron chi connectivity index (χ1n) is 17.7. The van der Waals surface area contributed by atoms with Crippen molar-refractivity contribution in [1.29, 1.82) is 0 Å². The number of benzene rings is 3. The van der Waals surface area contributed by atoms with Crippen LogP contribution in [0.3, 0.4) is 0 Å². The van der Waals surface area contributed by atoms with Crippen molar-refractivity contribution in [2.45, 2.75) is 33.2 Å². The quantitative estimate of drug-likeness (QED) is 0.0786. The Morgan fingerprint density at radius 1 is 0.741 bits per heavy atom. The lowest BCUT2D eigenvalue weighted by atomic mass is 10.0. The molecular formula is C40H47F3N4O7. The predicted molar refractivity (Wildman–Crippen MR) is 199 cm³/mol. The first-order valence-corrected chi connectivity index (χ1v) is 17.7. The van der Waals surface area contributed by atoms with E-state index in [1.807, 2.05) is 32.0 Å². The molecule has 0 spiro atoms. The SMILES string of the molecule is CCN(CC)c1ccc(NC(=O)c2cccc(COCCOCCOCCOCCO)c2)c(-c2cc(C(=O)NCc3cccc(C(F)(F)F)c3)ccn2)c1. The van der Waals surface area contributed by atoms with Crippen molar-refractivity contribution in [3.8, 4) is 11.3 Å². The largest absolute Gasteiger partial charge is 0.416 e. The summed E-state index contributed by atoms with van der Waals surface area (Å²) in [7, 11) is 0. The average Bonchev–Trinajstić information content (AvgIpc) is 3.18. The van der Waals surface area contributed by atoms with E-state index in [2.05, 4.69) is 20.5 Å². The number of ether oxygens (including phenoxy) is 4. The number of aliphatic hydroxyl groups excluding tert-OH is 1. The van der Waals surface area contributed by atoms with Crippen LogP contribution in [0.2, 0.25) is 0 Å². The van der Waals surface area contributed by atoms with E-state index in [0.29, 0.717) is 67.7 Å². The van der Waals surface area contributed by atoms with Gasteiger partial charge in [0.05, 0.1) is 76.4 Å². The Bertz CT molecular complexity index is 1790. The number of carbonyl (C=O) groups is 2. The number of aromatic nitrogens is 1. The highest BCUT2D eigenvalue weighted by Crippen LogP contribution is 2.33. The minimum atomic E-state index is -4.49. The second kappa shape index (κ2) is 21.7. The zero-order chi connectivity index (χ0) is 38.8. The third kappa shape index (κ3) is 13.2. The molecule has 2 amide bonds. The number of aliphatic hydroxyl groups is 1. The van der Waals surface area contributed by atoms with E-state index >= 15 is 0 Å². The molecular weight excluding hydrogens is 705 g/mol. The summed E-state index contributed by atoms with van der Waals surface area (Å²) < 4.78 is 61.3.